The van der Waals surface area contributed by atoms with Crippen LogP contribution < -0.4 is 0 Å². The molecule has 0 heterocycles. The third-order valence-electron chi connectivity index (χ3n) is 5.58. The zero-order valence-electron chi connectivity index (χ0n) is 16.6. The Morgan fingerprint density at radius 3 is 2.30 bits per heavy atom. The lowest BCUT2D eigenvalue weighted by Crippen LogP contribution is -2.27. The molecule has 0 spiro atoms. The third kappa shape index (κ3) is 8.38. The maximum atomic E-state index is 14.2. The average Bonchev–Trinajstić information content (AvgIpc) is 2.67. The molecule has 0 aromatic heterocycles. The van der Waals surface area contributed by atoms with Crippen LogP contribution in [-0.2, 0) is 17.8 Å². The van der Waals surface area contributed by atoms with E-state index in [4.69, 9.17) is 4.74 Å². The fourth-order valence-electron chi connectivity index (χ4n) is 3.88. The van der Waals surface area contributed by atoms with Crippen LogP contribution in [0.2, 0.25) is 0 Å². The number of rotatable bonds is 11. The van der Waals surface area contributed by atoms with Gasteiger partial charge in [0, 0.05) is 6.42 Å². The molecule has 3 heteroatoms. The number of ether oxygens (including phenoxy) is 1. The van der Waals surface area contributed by atoms with Crippen molar-refractivity contribution < 1.29 is 13.5 Å². The molecule has 0 bridgehead atoms. The second-order valence-electron chi connectivity index (χ2n) is 7.81. The molecule has 1 aliphatic rings. The molecule has 0 aliphatic heterocycles. The van der Waals surface area contributed by atoms with E-state index in [0.717, 1.165) is 50.5 Å². The Kier molecular flexibility index (Phi) is 9.20. The van der Waals surface area contributed by atoms with Crippen LogP contribution >= 0.6 is 0 Å². The van der Waals surface area contributed by atoms with Crippen LogP contribution in [0.3, 0.4) is 0 Å². The molecule has 1 aromatic rings. The van der Waals surface area contributed by atoms with E-state index < -0.39 is 6.11 Å². The van der Waals surface area contributed by atoms with Crippen molar-refractivity contribution in [3.05, 3.63) is 60.2 Å². The van der Waals surface area contributed by atoms with Crippen LogP contribution in [0.15, 0.2) is 49.1 Å². The SMILES string of the molecule is C=CCCc1ccc(COC(F)(F)CC2CCC(CCC=CC)CC2)cc1. The van der Waals surface area contributed by atoms with E-state index in [1.807, 2.05) is 37.3 Å². The largest absolute Gasteiger partial charge is 0.356 e. The summed E-state index contributed by atoms with van der Waals surface area (Å²) in [7, 11) is 0. The Balaban J connectivity index is 1.71. The van der Waals surface area contributed by atoms with Gasteiger partial charge in [-0.05, 0) is 68.4 Å². The van der Waals surface area contributed by atoms with E-state index in [-0.39, 0.29) is 18.9 Å². The predicted molar refractivity (Wildman–Crippen MR) is 109 cm³/mol. The molecule has 150 valence electrons. The third-order valence-corrected chi connectivity index (χ3v) is 5.58. The monoisotopic (exact) mass is 376 g/mol. The number of hydrogen-bond acceptors (Lipinski definition) is 1. The van der Waals surface area contributed by atoms with Crippen LogP contribution in [0.5, 0.6) is 0 Å². The van der Waals surface area contributed by atoms with Crippen molar-refractivity contribution in [2.45, 2.75) is 77.4 Å². The molecule has 0 unspecified atom stereocenters. The van der Waals surface area contributed by atoms with Crippen LogP contribution in [-0.4, -0.2) is 6.11 Å². The highest BCUT2D eigenvalue weighted by atomic mass is 19.3. The number of allylic oxidation sites excluding steroid dienone is 3. The van der Waals surface area contributed by atoms with Gasteiger partial charge in [0.15, 0.2) is 0 Å². The fraction of sp³-hybridized carbons (Fsp3) is 0.583. The van der Waals surface area contributed by atoms with Crippen LogP contribution in [0.25, 0.3) is 0 Å². The molecule has 1 aromatic carbocycles. The van der Waals surface area contributed by atoms with E-state index in [0.29, 0.717) is 5.92 Å². The van der Waals surface area contributed by atoms with Gasteiger partial charge in [0.2, 0.25) is 0 Å². The summed E-state index contributed by atoms with van der Waals surface area (Å²) in [6.07, 6.45) is 11.1. The van der Waals surface area contributed by atoms with Crippen LogP contribution in [0.1, 0.15) is 69.4 Å². The normalized spacial score (nSPS) is 20.9. The summed E-state index contributed by atoms with van der Waals surface area (Å²) in [5.74, 6) is 0.783. The first-order valence-electron chi connectivity index (χ1n) is 10.3. The Morgan fingerprint density at radius 1 is 1.04 bits per heavy atom. The first-order chi connectivity index (χ1) is 13.0. The summed E-state index contributed by atoms with van der Waals surface area (Å²) in [5, 5.41) is 0. The Hall–Kier alpha value is -1.48. The van der Waals surface area contributed by atoms with Crippen molar-refractivity contribution in [3.63, 3.8) is 0 Å². The molecule has 1 saturated carbocycles. The summed E-state index contributed by atoms with van der Waals surface area (Å²) in [5.41, 5.74) is 1.99. The molecular weight excluding hydrogens is 342 g/mol. The van der Waals surface area contributed by atoms with E-state index in [1.165, 1.54) is 12.0 Å². The highest BCUT2D eigenvalue weighted by molar-refractivity contribution is 5.22. The summed E-state index contributed by atoms with van der Waals surface area (Å²) >= 11 is 0. The summed E-state index contributed by atoms with van der Waals surface area (Å²) in [6, 6.07) is 7.72. The summed E-state index contributed by atoms with van der Waals surface area (Å²) in [6.45, 7) is 5.72. The minimum Gasteiger partial charge on any atom is -0.316 e. The second-order valence-corrected chi connectivity index (χ2v) is 7.81. The van der Waals surface area contributed by atoms with Crippen molar-refractivity contribution in [3.8, 4) is 0 Å². The summed E-state index contributed by atoms with van der Waals surface area (Å²) in [4.78, 5) is 0. The Bertz CT molecular complexity index is 569. The molecule has 0 radical (unpaired) electrons. The van der Waals surface area contributed by atoms with Gasteiger partial charge >= 0.3 is 6.11 Å². The standard InChI is InChI=1S/C24H34F2O/c1-3-5-7-9-21-10-14-22(15-11-21)18-24(25,26)27-19-23-16-12-20(13-17-23)8-6-4-2/h3-5,12-13,16-17,21-22H,2,6-11,14-15,18-19H2,1H3. The van der Waals surface area contributed by atoms with E-state index in [2.05, 4.69) is 18.7 Å². The number of alkyl halides is 2. The van der Waals surface area contributed by atoms with Gasteiger partial charge in [0.1, 0.15) is 0 Å². The summed E-state index contributed by atoms with van der Waals surface area (Å²) < 4.78 is 33.5. The maximum Gasteiger partial charge on any atom is 0.356 e. The molecule has 0 amide bonds. The van der Waals surface area contributed by atoms with Crippen molar-refractivity contribution in [2.24, 2.45) is 11.8 Å². The first kappa shape index (κ1) is 21.8. The Morgan fingerprint density at radius 2 is 1.67 bits per heavy atom. The molecule has 1 aliphatic carbocycles. The molecule has 0 saturated heterocycles. The lowest BCUT2D eigenvalue weighted by Gasteiger charge is -2.30. The molecule has 2 rings (SSSR count). The molecule has 0 N–H and O–H groups in total. The highest BCUT2D eigenvalue weighted by Gasteiger charge is 2.35. The number of benzene rings is 1. The van der Waals surface area contributed by atoms with E-state index >= 15 is 0 Å². The second kappa shape index (κ2) is 11.4. The van der Waals surface area contributed by atoms with Gasteiger partial charge < -0.3 is 4.74 Å². The van der Waals surface area contributed by atoms with Gasteiger partial charge in [0.25, 0.3) is 0 Å². The van der Waals surface area contributed by atoms with Gasteiger partial charge in [-0.1, -0.05) is 55.3 Å². The fourth-order valence-corrected chi connectivity index (χ4v) is 3.88. The maximum absolute atomic E-state index is 14.2. The van der Waals surface area contributed by atoms with Gasteiger partial charge in [-0.25, -0.2) is 0 Å². The number of halogens is 2. The topological polar surface area (TPSA) is 9.23 Å². The molecule has 1 fully saturated rings. The zero-order chi connectivity index (χ0) is 19.5. The van der Waals surface area contributed by atoms with Gasteiger partial charge in [-0.3, -0.25) is 0 Å². The van der Waals surface area contributed by atoms with Gasteiger partial charge in [0.05, 0.1) is 6.61 Å². The minimum atomic E-state index is -3.04. The highest BCUT2D eigenvalue weighted by Crippen LogP contribution is 2.38. The lowest BCUT2D eigenvalue weighted by molar-refractivity contribution is -0.256. The van der Waals surface area contributed by atoms with E-state index in [9.17, 15) is 8.78 Å². The molecular formula is C24H34F2O. The first-order valence-corrected chi connectivity index (χ1v) is 10.3. The predicted octanol–water partition coefficient (Wildman–Crippen LogP) is 7.47. The van der Waals surface area contributed by atoms with Crippen LogP contribution in [0.4, 0.5) is 8.78 Å². The van der Waals surface area contributed by atoms with Crippen LogP contribution in [0, 0.1) is 11.8 Å². The lowest BCUT2D eigenvalue weighted by atomic mass is 9.78. The average molecular weight is 377 g/mol. The van der Waals surface area contributed by atoms with E-state index in [1.54, 1.807) is 0 Å². The van der Waals surface area contributed by atoms with Crippen molar-refractivity contribution in [1.82, 2.24) is 0 Å². The number of hydrogen-bond donors (Lipinski definition) is 0. The minimum absolute atomic E-state index is 0.0343. The molecule has 0 atom stereocenters. The Labute approximate surface area is 163 Å². The van der Waals surface area contributed by atoms with Crippen molar-refractivity contribution >= 4 is 0 Å². The zero-order valence-corrected chi connectivity index (χ0v) is 16.6. The van der Waals surface area contributed by atoms with Gasteiger partial charge in [-0.15, -0.1) is 6.58 Å². The van der Waals surface area contributed by atoms with Crippen molar-refractivity contribution in [2.75, 3.05) is 0 Å². The smallest absolute Gasteiger partial charge is 0.316 e. The van der Waals surface area contributed by atoms with Gasteiger partial charge in [-0.2, -0.15) is 8.78 Å². The molecule has 27 heavy (non-hydrogen) atoms. The number of aryl methyl sites for hydroxylation is 1. The van der Waals surface area contributed by atoms with Crippen molar-refractivity contribution in [1.29, 1.82) is 0 Å². The quantitative estimate of drug-likeness (QED) is 0.364. The molecule has 1 nitrogen and oxygen atoms in total.